The predicted octanol–water partition coefficient (Wildman–Crippen LogP) is 6.96. The number of benzene rings is 3. The van der Waals surface area contributed by atoms with Crippen molar-refractivity contribution in [2.75, 3.05) is 32.8 Å². The van der Waals surface area contributed by atoms with Crippen molar-refractivity contribution in [3.8, 4) is 17.4 Å². The Balaban J connectivity index is 1.11. The highest BCUT2D eigenvalue weighted by atomic mass is 35.5. The van der Waals surface area contributed by atoms with E-state index in [0.29, 0.717) is 53.5 Å². The molecule has 0 radical (unpaired) electrons. The lowest BCUT2D eigenvalue weighted by Gasteiger charge is -2.34. The van der Waals surface area contributed by atoms with Crippen LogP contribution in [0.3, 0.4) is 0 Å². The summed E-state index contributed by atoms with van der Waals surface area (Å²) in [6.45, 7) is 6.23. The SMILES string of the molecule is Cc1cc(C=CC(=O)N2CCN(Cc3ccc(CCO)cc3)CC2)cc(Cl)c1Oc1ccc(OCc2ccccc2Cl)cn1. The van der Waals surface area contributed by atoms with Crippen LogP contribution >= 0.6 is 23.2 Å². The lowest BCUT2D eigenvalue weighted by Crippen LogP contribution is -2.47. The van der Waals surface area contributed by atoms with E-state index in [0.717, 1.165) is 41.9 Å². The molecule has 1 saturated heterocycles. The molecule has 1 aromatic heterocycles. The zero-order valence-corrected chi connectivity index (χ0v) is 26.1. The van der Waals surface area contributed by atoms with E-state index in [-0.39, 0.29) is 12.5 Å². The maximum absolute atomic E-state index is 12.9. The molecule has 1 amide bonds. The van der Waals surface area contributed by atoms with Crippen molar-refractivity contribution < 1.29 is 19.4 Å². The molecule has 0 unspecified atom stereocenters. The first-order valence-corrected chi connectivity index (χ1v) is 15.3. The summed E-state index contributed by atoms with van der Waals surface area (Å²) in [5.41, 5.74) is 4.90. The first-order valence-electron chi connectivity index (χ1n) is 14.6. The Labute approximate surface area is 268 Å². The van der Waals surface area contributed by atoms with Gasteiger partial charge in [-0.05, 0) is 65.9 Å². The summed E-state index contributed by atoms with van der Waals surface area (Å²) in [5, 5.41) is 10.2. The van der Waals surface area contributed by atoms with Gasteiger partial charge in [0.2, 0.25) is 11.8 Å². The zero-order valence-electron chi connectivity index (χ0n) is 24.6. The first-order chi connectivity index (χ1) is 21.4. The molecule has 3 aromatic carbocycles. The number of hydrogen-bond acceptors (Lipinski definition) is 6. The van der Waals surface area contributed by atoms with Gasteiger partial charge in [0.15, 0.2) is 5.75 Å². The van der Waals surface area contributed by atoms with Gasteiger partial charge in [-0.2, -0.15) is 0 Å². The Morgan fingerprint density at radius 1 is 0.955 bits per heavy atom. The predicted molar refractivity (Wildman–Crippen MR) is 174 cm³/mol. The molecule has 0 aliphatic carbocycles. The van der Waals surface area contributed by atoms with Crippen LogP contribution in [0.2, 0.25) is 10.0 Å². The fourth-order valence-corrected chi connectivity index (χ4v) is 5.48. The van der Waals surface area contributed by atoms with Crippen molar-refractivity contribution in [2.45, 2.75) is 26.5 Å². The summed E-state index contributed by atoms with van der Waals surface area (Å²) in [7, 11) is 0. The number of aliphatic hydroxyl groups excluding tert-OH is 1. The molecule has 2 heterocycles. The van der Waals surface area contributed by atoms with Gasteiger partial charge in [-0.1, -0.05) is 65.7 Å². The van der Waals surface area contributed by atoms with Crippen LogP contribution in [0.15, 0.2) is 85.1 Å². The highest BCUT2D eigenvalue weighted by Crippen LogP contribution is 2.34. The largest absolute Gasteiger partial charge is 0.487 e. The maximum atomic E-state index is 12.9. The lowest BCUT2D eigenvalue weighted by molar-refractivity contribution is -0.127. The lowest BCUT2D eigenvalue weighted by atomic mass is 10.1. The Morgan fingerprint density at radius 3 is 2.39 bits per heavy atom. The number of piperazine rings is 1. The highest BCUT2D eigenvalue weighted by molar-refractivity contribution is 6.32. The molecule has 1 N–H and O–H groups in total. The zero-order chi connectivity index (χ0) is 30.9. The minimum absolute atomic E-state index is 0.0202. The summed E-state index contributed by atoms with van der Waals surface area (Å²) >= 11 is 12.8. The van der Waals surface area contributed by atoms with Crippen LogP contribution in [0.4, 0.5) is 0 Å². The number of aromatic nitrogens is 1. The van der Waals surface area contributed by atoms with Crippen LogP contribution in [0.25, 0.3) is 6.08 Å². The second kappa shape index (κ2) is 15.2. The molecular formula is C35H35Cl2N3O4. The van der Waals surface area contributed by atoms with Crippen molar-refractivity contribution in [1.82, 2.24) is 14.8 Å². The molecule has 0 atom stereocenters. The normalized spacial score (nSPS) is 13.8. The molecular weight excluding hydrogens is 597 g/mol. The quantitative estimate of drug-likeness (QED) is 0.180. The number of ether oxygens (including phenoxy) is 2. The van der Waals surface area contributed by atoms with Gasteiger partial charge in [0.25, 0.3) is 0 Å². The van der Waals surface area contributed by atoms with Crippen molar-refractivity contribution in [3.63, 3.8) is 0 Å². The van der Waals surface area contributed by atoms with Gasteiger partial charge in [0.05, 0.1) is 11.2 Å². The number of rotatable bonds is 11. The fraction of sp³-hybridized carbons (Fsp3) is 0.257. The number of aliphatic hydroxyl groups is 1. The van der Waals surface area contributed by atoms with Gasteiger partial charge in [-0.25, -0.2) is 4.98 Å². The third kappa shape index (κ3) is 8.61. The number of amides is 1. The van der Waals surface area contributed by atoms with Crippen LogP contribution in [-0.4, -0.2) is 58.6 Å². The Bertz CT molecular complexity index is 1560. The van der Waals surface area contributed by atoms with E-state index in [1.165, 1.54) is 5.56 Å². The number of halogens is 2. The monoisotopic (exact) mass is 631 g/mol. The average molecular weight is 633 g/mol. The molecule has 0 bridgehead atoms. The summed E-state index contributed by atoms with van der Waals surface area (Å²) in [4.78, 5) is 21.5. The van der Waals surface area contributed by atoms with E-state index in [1.807, 2.05) is 42.2 Å². The molecule has 228 valence electrons. The third-order valence-electron chi connectivity index (χ3n) is 7.45. The van der Waals surface area contributed by atoms with E-state index in [4.69, 9.17) is 37.8 Å². The maximum Gasteiger partial charge on any atom is 0.246 e. The van der Waals surface area contributed by atoms with Crippen LogP contribution in [0.1, 0.15) is 27.8 Å². The van der Waals surface area contributed by atoms with Gasteiger partial charge in [-0.15, -0.1) is 0 Å². The molecule has 5 rings (SSSR count). The van der Waals surface area contributed by atoms with Crippen molar-refractivity contribution in [2.24, 2.45) is 0 Å². The molecule has 4 aromatic rings. The van der Waals surface area contributed by atoms with E-state index in [1.54, 1.807) is 36.5 Å². The minimum Gasteiger partial charge on any atom is -0.487 e. The number of aryl methyl sites for hydroxylation is 1. The second-order valence-electron chi connectivity index (χ2n) is 10.7. The van der Waals surface area contributed by atoms with Crippen molar-refractivity contribution in [3.05, 3.63) is 123 Å². The molecule has 1 aliphatic rings. The molecule has 0 spiro atoms. The molecule has 44 heavy (non-hydrogen) atoms. The van der Waals surface area contributed by atoms with Crippen molar-refractivity contribution >= 4 is 35.2 Å². The smallest absolute Gasteiger partial charge is 0.246 e. The molecule has 1 fully saturated rings. The summed E-state index contributed by atoms with van der Waals surface area (Å²) < 4.78 is 11.8. The number of hydrogen-bond donors (Lipinski definition) is 1. The molecule has 0 saturated carbocycles. The van der Waals surface area contributed by atoms with Crippen molar-refractivity contribution in [1.29, 1.82) is 0 Å². The van der Waals surface area contributed by atoms with Gasteiger partial charge < -0.3 is 19.5 Å². The Kier molecular flexibility index (Phi) is 10.9. The van der Waals surface area contributed by atoms with E-state index < -0.39 is 0 Å². The summed E-state index contributed by atoms with van der Waals surface area (Å²) in [6.07, 6.45) is 5.65. The third-order valence-corrected chi connectivity index (χ3v) is 8.10. The number of carbonyl (C=O) groups excluding carboxylic acids is 1. The Morgan fingerprint density at radius 2 is 1.70 bits per heavy atom. The first kappa shape index (κ1) is 31.5. The molecule has 7 nitrogen and oxygen atoms in total. The molecule has 1 aliphatic heterocycles. The summed E-state index contributed by atoms with van der Waals surface area (Å²) in [5.74, 6) is 1.47. The van der Waals surface area contributed by atoms with Crippen LogP contribution in [0.5, 0.6) is 17.4 Å². The van der Waals surface area contributed by atoms with Crippen LogP contribution < -0.4 is 9.47 Å². The number of pyridine rings is 1. The van der Waals surface area contributed by atoms with Crippen LogP contribution in [0, 0.1) is 6.92 Å². The minimum atomic E-state index is -0.0202. The standard InChI is InChI=1S/C35H35Cl2N3O4/c1-25-20-28(10-13-34(42)40-17-15-39(16-18-40)23-27-8-6-26(7-9-27)14-19-41)21-32(37)35(25)44-33-12-11-30(22-38-33)43-24-29-4-2-3-5-31(29)36/h2-13,20-22,41H,14-19,23-24H2,1H3. The topological polar surface area (TPSA) is 75.1 Å². The van der Waals surface area contributed by atoms with E-state index >= 15 is 0 Å². The van der Waals surface area contributed by atoms with E-state index in [2.05, 4.69) is 34.1 Å². The van der Waals surface area contributed by atoms with Gasteiger partial charge >= 0.3 is 0 Å². The second-order valence-corrected chi connectivity index (χ2v) is 11.5. The average Bonchev–Trinajstić information content (AvgIpc) is 3.03. The van der Waals surface area contributed by atoms with Gasteiger partial charge in [0.1, 0.15) is 12.4 Å². The highest BCUT2D eigenvalue weighted by Gasteiger charge is 2.20. The van der Waals surface area contributed by atoms with Gasteiger partial charge in [0, 0.05) is 62.1 Å². The molecule has 9 heteroatoms. The number of nitrogens with zero attached hydrogens (tertiary/aromatic N) is 3. The number of carbonyl (C=O) groups is 1. The summed E-state index contributed by atoms with van der Waals surface area (Å²) in [6, 6.07) is 23.1. The van der Waals surface area contributed by atoms with Crippen LogP contribution in [-0.2, 0) is 24.4 Å². The van der Waals surface area contributed by atoms with Gasteiger partial charge in [-0.3, -0.25) is 9.69 Å². The fourth-order valence-electron chi connectivity index (χ4n) is 4.97. The Hall–Kier alpha value is -3.88. The van der Waals surface area contributed by atoms with E-state index in [9.17, 15) is 4.79 Å².